The number of aromatic nitrogens is 1. The van der Waals surface area contributed by atoms with Crippen LogP contribution in [0, 0.1) is 0 Å². The number of carboxylic acid groups (broad SMARTS) is 1. The lowest BCUT2D eigenvalue weighted by molar-refractivity contribution is 0.0696. The molecule has 0 bridgehead atoms. The molecule has 0 saturated heterocycles. The number of ether oxygens (including phenoxy) is 1. The van der Waals surface area contributed by atoms with Crippen molar-refractivity contribution in [2.75, 3.05) is 6.61 Å². The highest BCUT2D eigenvalue weighted by Gasteiger charge is 2.02. The smallest absolute Gasteiger partial charge is 0.337 e. The van der Waals surface area contributed by atoms with Crippen molar-refractivity contribution in [3.8, 4) is 5.75 Å². The van der Waals surface area contributed by atoms with Crippen molar-refractivity contribution >= 4 is 5.97 Å². The van der Waals surface area contributed by atoms with Gasteiger partial charge in [-0.25, -0.2) is 4.79 Å². The van der Waals surface area contributed by atoms with Crippen LogP contribution in [-0.4, -0.2) is 22.7 Å². The fraction of sp³-hybridized carbons (Fsp3) is 0.143. The van der Waals surface area contributed by atoms with E-state index in [2.05, 4.69) is 4.98 Å². The van der Waals surface area contributed by atoms with E-state index >= 15 is 0 Å². The maximum absolute atomic E-state index is 10.6. The van der Waals surface area contributed by atoms with Crippen LogP contribution in [0.25, 0.3) is 0 Å². The van der Waals surface area contributed by atoms with E-state index in [9.17, 15) is 4.79 Å². The second-order valence-corrected chi connectivity index (χ2v) is 3.75. The van der Waals surface area contributed by atoms with Gasteiger partial charge in [0.15, 0.2) is 0 Å². The minimum Gasteiger partial charge on any atom is -0.493 e. The average molecular weight is 243 g/mol. The molecule has 0 aliphatic carbocycles. The standard InChI is InChI=1S/C14H13NO3/c16-14(17)11-6-7-12(15-10-11)8-9-18-13-4-2-1-3-5-13/h1-7,10H,8-9H2,(H,16,17). The van der Waals surface area contributed by atoms with Crippen LogP contribution >= 0.6 is 0 Å². The highest BCUT2D eigenvalue weighted by molar-refractivity contribution is 5.87. The van der Waals surface area contributed by atoms with Crippen LogP contribution < -0.4 is 4.74 Å². The molecule has 1 aromatic carbocycles. The molecule has 18 heavy (non-hydrogen) atoms. The second kappa shape index (κ2) is 5.82. The molecule has 1 heterocycles. The van der Waals surface area contributed by atoms with Gasteiger partial charge in [-0.15, -0.1) is 0 Å². The molecule has 0 aliphatic rings. The summed E-state index contributed by atoms with van der Waals surface area (Å²) in [6.45, 7) is 0.517. The minimum atomic E-state index is -0.963. The summed E-state index contributed by atoms with van der Waals surface area (Å²) in [6.07, 6.45) is 2.01. The maximum atomic E-state index is 10.6. The maximum Gasteiger partial charge on any atom is 0.337 e. The fourth-order valence-corrected chi connectivity index (χ4v) is 1.49. The summed E-state index contributed by atoms with van der Waals surface area (Å²) in [5.41, 5.74) is 1.01. The molecule has 0 saturated carbocycles. The van der Waals surface area contributed by atoms with Gasteiger partial charge in [-0.3, -0.25) is 4.98 Å². The van der Waals surface area contributed by atoms with E-state index in [1.807, 2.05) is 30.3 Å². The molecule has 1 aromatic heterocycles. The number of carbonyl (C=O) groups is 1. The zero-order valence-corrected chi connectivity index (χ0v) is 9.74. The van der Waals surface area contributed by atoms with E-state index < -0.39 is 5.97 Å². The van der Waals surface area contributed by atoms with Crippen LogP contribution in [-0.2, 0) is 6.42 Å². The van der Waals surface area contributed by atoms with Gasteiger partial charge in [0.05, 0.1) is 12.2 Å². The molecule has 92 valence electrons. The molecule has 0 fully saturated rings. The molecule has 1 N–H and O–H groups in total. The Kier molecular flexibility index (Phi) is 3.91. The third-order valence-corrected chi connectivity index (χ3v) is 2.44. The molecule has 2 aromatic rings. The Balaban J connectivity index is 1.85. The van der Waals surface area contributed by atoms with Crippen LogP contribution in [0.4, 0.5) is 0 Å². The van der Waals surface area contributed by atoms with Crippen molar-refractivity contribution in [1.82, 2.24) is 4.98 Å². The Labute approximate surface area is 105 Å². The summed E-state index contributed by atoms with van der Waals surface area (Å²) >= 11 is 0. The minimum absolute atomic E-state index is 0.197. The van der Waals surface area contributed by atoms with Crippen LogP contribution in [0.3, 0.4) is 0 Å². The molecule has 0 amide bonds. The van der Waals surface area contributed by atoms with E-state index in [1.165, 1.54) is 6.20 Å². The van der Waals surface area contributed by atoms with Gasteiger partial charge in [-0.1, -0.05) is 18.2 Å². The number of nitrogens with zero attached hydrogens (tertiary/aromatic N) is 1. The zero-order chi connectivity index (χ0) is 12.8. The van der Waals surface area contributed by atoms with Crippen molar-refractivity contribution in [3.63, 3.8) is 0 Å². The van der Waals surface area contributed by atoms with Crippen LogP contribution in [0.1, 0.15) is 16.1 Å². The molecule has 4 nitrogen and oxygen atoms in total. The first kappa shape index (κ1) is 12.1. The predicted molar refractivity (Wildman–Crippen MR) is 66.8 cm³/mol. The Morgan fingerprint density at radius 2 is 1.94 bits per heavy atom. The summed E-state index contributed by atoms with van der Waals surface area (Å²) < 4.78 is 5.53. The van der Waals surface area contributed by atoms with Gasteiger partial charge in [0.2, 0.25) is 0 Å². The van der Waals surface area contributed by atoms with Crippen LogP contribution in [0.2, 0.25) is 0 Å². The molecule has 0 spiro atoms. The summed E-state index contributed by atoms with van der Waals surface area (Å²) in [5, 5.41) is 8.74. The Morgan fingerprint density at radius 3 is 2.56 bits per heavy atom. The van der Waals surface area contributed by atoms with Gasteiger partial charge in [-0.05, 0) is 24.3 Å². The van der Waals surface area contributed by atoms with Crippen molar-refractivity contribution in [2.45, 2.75) is 6.42 Å². The second-order valence-electron chi connectivity index (χ2n) is 3.75. The summed E-state index contributed by atoms with van der Waals surface area (Å²) in [5.74, 6) is -0.144. The van der Waals surface area contributed by atoms with E-state index in [0.29, 0.717) is 13.0 Å². The zero-order valence-electron chi connectivity index (χ0n) is 9.74. The largest absolute Gasteiger partial charge is 0.493 e. The lowest BCUT2D eigenvalue weighted by Crippen LogP contribution is -2.04. The molecular formula is C14H13NO3. The van der Waals surface area contributed by atoms with E-state index in [1.54, 1.807) is 12.1 Å². The van der Waals surface area contributed by atoms with Crippen LogP contribution in [0.5, 0.6) is 5.75 Å². The van der Waals surface area contributed by atoms with Gasteiger partial charge in [-0.2, -0.15) is 0 Å². The molecular weight excluding hydrogens is 230 g/mol. The topological polar surface area (TPSA) is 59.4 Å². The summed E-state index contributed by atoms with van der Waals surface area (Å²) in [7, 11) is 0. The number of hydrogen-bond acceptors (Lipinski definition) is 3. The number of carboxylic acids is 1. The normalized spacial score (nSPS) is 10.0. The molecule has 2 rings (SSSR count). The number of hydrogen-bond donors (Lipinski definition) is 1. The molecule has 0 unspecified atom stereocenters. The van der Waals surface area contributed by atoms with Gasteiger partial charge in [0.25, 0.3) is 0 Å². The van der Waals surface area contributed by atoms with Gasteiger partial charge in [0, 0.05) is 18.3 Å². The van der Waals surface area contributed by atoms with E-state index in [4.69, 9.17) is 9.84 Å². The average Bonchev–Trinajstić information content (AvgIpc) is 2.40. The third-order valence-electron chi connectivity index (χ3n) is 2.44. The Hall–Kier alpha value is -2.36. The lowest BCUT2D eigenvalue weighted by Gasteiger charge is -2.05. The van der Waals surface area contributed by atoms with Crippen molar-refractivity contribution in [2.24, 2.45) is 0 Å². The highest BCUT2D eigenvalue weighted by Crippen LogP contribution is 2.09. The van der Waals surface area contributed by atoms with Crippen molar-refractivity contribution in [1.29, 1.82) is 0 Å². The van der Waals surface area contributed by atoms with Gasteiger partial charge in [0.1, 0.15) is 5.75 Å². The van der Waals surface area contributed by atoms with Crippen molar-refractivity contribution < 1.29 is 14.6 Å². The first-order valence-corrected chi connectivity index (χ1v) is 5.62. The van der Waals surface area contributed by atoms with E-state index in [-0.39, 0.29) is 5.56 Å². The Morgan fingerprint density at radius 1 is 1.17 bits per heavy atom. The summed E-state index contributed by atoms with van der Waals surface area (Å²) in [6, 6.07) is 12.8. The number of aromatic carboxylic acids is 1. The van der Waals surface area contributed by atoms with Gasteiger partial charge >= 0.3 is 5.97 Å². The fourth-order valence-electron chi connectivity index (χ4n) is 1.49. The molecule has 0 radical (unpaired) electrons. The molecule has 0 aliphatic heterocycles. The first-order chi connectivity index (χ1) is 8.75. The monoisotopic (exact) mass is 243 g/mol. The Bertz CT molecular complexity index is 508. The number of benzene rings is 1. The summed E-state index contributed by atoms with van der Waals surface area (Å²) in [4.78, 5) is 14.7. The van der Waals surface area contributed by atoms with E-state index in [0.717, 1.165) is 11.4 Å². The van der Waals surface area contributed by atoms with Crippen LogP contribution in [0.15, 0.2) is 48.7 Å². The molecule has 0 atom stereocenters. The molecule has 4 heteroatoms. The van der Waals surface area contributed by atoms with Gasteiger partial charge < -0.3 is 9.84 Å². The lowest BCUT2D eigenvalue weighted by atomic mass is 10.2. The number of para-hydroxylation sites is 1. The number of rotatable bonds is 5. The third kappa shape index (κ3) is 3.31. The first-order valence-electron chi connectivity index (χ1n) is 5.62. The van der Waals surface area contributed by atoms with Crippen molar-refractivity contribution in [3.05, 3.63) is 59.9 Å². The highest BCUT2D eigenvalue weighted by atomic mass is 16.5. The quantitative estimate of drug-likeness (QED) is 0.876. The SMILES string of the molecule is O=C(O)c1ccc(CCOc2ccccc2)nc1. The predicted octanol–water partition coefficient (Wildman–Crippen LogP) is 2.40. The number of pyridine rings is 1.